The van der Waals surface area contributed by atoms with Crippen molar-refractivity contribution in [3.63, 3.8) is 0 Å². The van der Waals surface area contributed by atoms with Gasteiger partial charge in [0.25, 0.3) is 11.6 Å². The number of thioether (sulfide) groups is 1. The average Bonchev–Trinajstić information content (AvgIpc) is 2.60. The Kier molecular flexibility index (Phi) is 6.19. The quantitative estimate of drug-likeness (QED) is 0.350. The number of likely N-dealkylation sites (tertiary alicyclic amines) is 1. The largest absolute Gasteiger partial charge is 0.449 e. The van der Waals surface area contributed by atoms with Crippen molar-refractivity contribution in [2.45, 2.75) is 37.2 Å². The lowest BCUT2D eigenvalue weighted by Crippen LogP contribution is -2.42. The maximum Gasteiger partial charge on any atom is 0.339 e. The maximum atomic E-state index is 12.3. The molecule has 8 heteroatoms. The van der Waals surface area contributed by atoms with E-state index < -0.39 is 17.0 Å². The molecule has 0 bridgehead atoms. The molecular formula is C16H20N2O5S. The van der Waals surface area contributed by atoms with Gasteiger partial charge in [0.05, 0.1) is 15.4 Å². The van der Waals surface area contributed by atoms with Crippen LogP contribution in [0.2, 0.25) is 0 Å². The first-order valence-electron chi connectivity index (χ1n) is 7.76. The predicted octanol–water partition coefficient (Wildman–Crippen LogP) is 2.87. The summed E-state index contributed by atoms with van der Waals surface area (Å²) in [5, 5.41) is 11.1. The molecule has 0 radical (unpaired) electrons. The number of benzene rings is 1. The van der Waals surface area contributed by atoms with Gasteiger partial charge in [0.2, 0.25) is 0 Å². The fourth-order valence-corrected chi connectivity index (χ4v) is 3.16. The van der Waals surface area contributed by atoms with Crippen LogP contribution in [0.3, 0.4) is 0 Å². The van der Waals surface area contributed by atoms with E-state index in [-0.39, 0.29) is 17.2 Å². The van der Waals surface area contributed by atoms with Gasteiger partial charge in [-0.1, -0.05) is 0 Å². The van der Waals surface area contributed by atoms with Crippen LogP contribution in [0.15, 0.2) is 23.1 Å². The summed E-state index contributed by atoms with van der Waals surface area (Å²) in [5.41, 5.74) is -0.0789. The average molecular weight is 352 g/mol. The number of carbonyl (C=O) groups excluding carboxylic acids is 2. The summed E-state index contributed by atoms with van der Waals surface area (Å²) in [6.07, 6.45) is 3.82. The Morgan fingerprint density at radius 3 is 2.54 bits per heavy atom. The second-order valence-electron chi connectivity index (χ2n) is 5.58. The topological polar surface area (TPSA) is 89.8 Å². The van der Waals surface area contributed by atoms with Gasteiger partial charge in [-0.3, -0.25) is 14.9 Å². The van der Waals surface area contributed by atoms with Crippen LogP contribution in [-0.2, 0) is 9.53 Å². The monoisotopic (exact) mass is 352 g/mol. The van der Waals surface area contributed by atoms with Gasteiger partial charge >= 0.3 is 5.97 Å². The summed E-state index contributed by atoms with van der Waals surface area (Å²) in [6, 6.07) is 4.17. The number of carbonyl (C=O) groups is 2. The minimum atomic E-state index is -0.908. The van der Waals surface area contributed by atoms with Crippen LogP contribution in [0.1, 0.15) is 36.5 Å². The Morgan fingerprint density at radius 2 is 1.96 bits per heavy atom. The van der Waals surface area contributed by atoms with Crippen molar-refractivity contribution in [1.29, 1.82) is 0 Å². The van der Waals surface area contributed by atoms with Gasteiger partial charge in [0, 0.05) is 19.2 Å². The number of nitro benzene ring substituents is 1. The molecule has 1 aliphatic rings. The lowest BCUT2D eigenvalue weighted by Gasteiger charge is -2.28. The van der Waals surface area contributed by atoms with Crippen LogP contribution in [-0.4, -0.2) is 47.1 Å². The van der Waals surface area contributed by atoms with Crippen molar-refractivity contribution in [1.82, 2.24) is 4.90 Å². The number of hydrogen-bond acceptors (Lipinski definition) is 6. The third-order valence-corrected chi connectivity index (χ3v) is 4.70. The second-order valence-corrected chi connectivity index (χ2v) is 6.43. The van der Waals surface area contributed by atoms with E-state index in [0.29, 0.717) is 18.0 Å². The van der Waals surface area contributed by atoms with Gasteiger partial charge in [-0.15, -0.1) is 11.8 Å². The molecule has 1 atom stereocenters. The van der Waals surface area contributed by atoms with Crippen LogP contribution >= 0.6 is 11.8 Å². The van der Waals surface area contributed by atoms with Crippen LogP contribution in [0.4, 0.5) is 5.69 Å². The van der Waals surface area contributed by atoms with Crippen molar-refractivity contribution in [2.24, 2.45) is 0 Å². The van der Waals surface area contributed by atoms with E-state index in [2.05, 4.69) is 0 Å². The standard InChI is InChI=1S/C16H20N2O5S/c1-11(15(19)17-8-4-3-5-9-17)23-16(20)12-6-7-14(24-2)13(10-12)18(21)22/h6-7,10-11H,3-5,8-9H2,1-2H3/t11-/m1/s1. The summed E-state index contributed by atoms with van der Waals surface area (Å²) in [6.45, 7) is 2.88. The molecule has 0 aliphatic carbocycles. The number of hydrogen-bond donors (Lipinski definition) is 0. The number of esters is 1. The van der Waals surface area contributed by atoms with E-state index >= 15 is 0 Å². The Balaban J connectivity index is 2.07. The third kappa shape index (κ3) is 4.25. The highest BCUT2D eigenvalue weighted by Gasteiger charge is 2.26. The molecule has 1 saturated heterocycles. The lowest BCUT2D eigenvalue weighted by atomic mass is 10.1. The molecule has 1 aliphatic heterocycles. The zero-order valence-electron chi connectivity index (χ0n) is 13.7. The van der Waals surface area contributed by atoms with Crippen LogP contribution in [0.5, 0.6) is 0 Å². The zero-order valence-corrected chi connectivity index (χ0v) is 14.5. The first kappa shape index (κ1) is 18.3. The van der Waals surface area contributed by atoms with Gasteiger partial charge in [-0.25, -0.2) is 4.79 Å². The zero-order chi connectivity index (χ0) is 17.7. The van der Waals surface area contributed by atoms with Crippen molar-refractivity contribution < 1.29 is 19.2 Å². The van der Waals surface area contributed by atoms with Gasteiger partial charge in [-0.05, 0) is 44.6 Å². The van der Waals surface area contributed by atoms with E-state index in [4.69, 9.17) is 4.74 Å². The third-order valence-electron chi connectivity index (χ3n) is 3.91. The number of amides is 1. The van der Waals surface area contributed by atoms with Crippen LogP contribution in [0.25, 0.3) is 0 Å². The highest BCUT2D eigenvalue weighted by Crippen LogP contribution is 2.28. The fraction of sp³-hybridized carbons (Fsp3) is 0.500. The predicted molar refractivity (Wildman–Crippen MR) is 90.2 cm³/mol. The molecule has 2 rings (SSSR count). The Bertz CT molecular complexity index is 643. The van der Waals surface area contributed by atoms with E-state index in [0.717, 1.165) is 19.3 Å². The summed E-state index contributed by atoms with van der Waals surface area (Å²) < 4.78 is 5.20. The number of nitro groups is 1. The van der Waals surface area contributed by atoms with Crippen molar-refractivity contribution in [2.75, 3.05) is 19.3 Å². The second kappa shape index (κ2) is 8.14. The molecule has 0 N–H and O–H groups in total. The van der Waals surface area contributed by atoms with E-state index in [1.165, 1.54) is 36.9 Å². The molecule has 1 aromatic carbocycles. The highest BCUT2D eigenvalue weighted by molar-refractivity contribution is 7.98. The number of rotatable bonds is 5. The van der Waals surface area contributed by atoms with Crippen molar-refractivity contribution in [3.8, 4) is 0 Å². The molecule has 0 saturated carbocycles. The maximum absolute atomic E-state index is 12.3. The molecule has 7 nitrogen and oxygen atoms in total. The molecular weight excluding hydrogens is 332 g/mol. The normalized spacial score (nSPS) is 15.7. The molecule has 0 spiro atoms. The molecule has 130 valence electrons. The number of nitrogens with zero attached hydrogens (tertiary/aromatic N) is 2. The van der Waals surface area contributed by atoms with Gasteiger partial charge in [0.1, 0.15) is 0 Å². The van der Waals surface area contributed by atoms with Crippen LogP contribution in [0, 0.1) is 10.1 Å². The molecule has 1 fully saturated rings. The number of piperidine rings is 1. The van der Waals surface area contributed by atoms with E-state index in [1.807, 2.05) is 0 Å². The van der Waals surface area contributed by atoms with Gasteiger partial charge in [0.15, 0.2) is 6.10 Å². The Labute approximate surface area is 144 Å². The lowest BCUT2D eigenvalue weighted by molar-refractivity contribution is -0.387. The molecule has 1 aromatic rings. The molecule has 1 heterocycles. The number of ether oxygens (including phenoxy) is 1. The molecule has 1 amide bonds. The van der Waals surface area contributed by atoms with E-state index in [9.17, 15) is 19.7 Å². The van der Waals surface area contributed by atoms with Crippen molar-refractivity contribution in [3.05, 3.63) is 33.9 Å². The smallest absolute Gasteiger partial charge is 0.339 e. The molecule has 0 unspecified atom stereocenters. The minimum Gasteiger partial charge on any atom is -0.449 e. The van der Waals surface area contributed by atoms with Gasteiger partial charge < -0.3 is 9.64 Å². The molecule has 24 heavy (non-hydrogen) atoms. The van der Waals surface area contributed by atoms with E-state index in [1.54, 1.807) is 11.2 Å². The Hall–Kier alpha value is -2.09. The Morgan fingerprint density at radius 1 is 1.29 bits per heavy atom. The SMILES string of the molecule is CSc1ccc(C(=O)O[C@H](C)C(=O)N2CCCCC2)cc1[N+](=O)[O-]. The summed E-state index contributed by atoms with van der Waals surface area (Å²) >= 11 is 1.23. The summed E-state index contributed by atoms with van der Waals surface area (Å²) in [4.78, 5) is 37.2. The summed E-state index contributed by atoms with van der Waals surface area (Å²) in [5.74, 6) is -0.957. The fourth-order valence-electron chi connectivity index (χ4n) is 2.61. The highest BCUT2D eigenvalue weighted by atomic mass is 32.2. The van der Waals surface area contributed by atoms with Crippen LogP contribution < -0.4 is 0 Å². The minimum absolute atomic E-state index is 0.0674. The summed E-state index contributed by atoms with van der Waals surface area (Å²) in [7, 11) is 0. The first-order chi connectivity index (χ1) is 11.4. The van der Waals surface area contributed by atoms with Gasteiger partial charge in [-0.2, -0.15) is 0 Å². The van der Waals surface area contributed by atoms with Crippen molar-refractivity contribution >= 4 is 29.3 Å². The molecule has 0 aromatic heterocycles. The first-order valence-corrected chi connectivity index (χ1v) is 8.98.